The van der Waals surface area contributed by atoms with E-state index in [0.29, 0.717) is 41.0 Å². The zero-order valence-corrected chi connectivity index (χ0v) is 30.8. The summed E-state index contributed by atoms with van der Waals surface area (Å²) in [5.41, 5.74) is 5.22. The van der Waals surface area contributed by atoms with Crippen molar-refractivity contribution in [2.45, 2.75) is 38.9 Å². The van der Waals surface area contributed by atoms with Crippen LogP contribution in [-0.4, -0.2) is 100 Å². The molecule has 0 aliphatic carbocycles. The quantitative estimate of drug-likeness (QED) is 0.146. The fraction of sp³-hybridized carbons (Fsp3) is 0.385. The van der Waals surface area contributed by atoms with E-state index in [1.165, 1.54) is 6.92 Å². The molecule has 276 valence electrons. The molecular weight excluding hydrogens is 668 g/mol. The van der Waals surface area contributed by atoms with E-state index >= 15 is 0 Å². The van der Waals surface area contributed by atoms with Crippen LogP contribution in [0.5, 0.6) is 34.5 Å². The fourth-order valence-electron chi connectivity index (χ4n) is 6.45. The molecule has 2 aromatic carbocycles. The highest BCUT2D eigenvalue weighted by Gasteiger charge is 2.29. The first-order valence-corrected chi connectivity index (χ1v) is 16.9. The van der Waals surface area contributed by atoms with Gasteiger partial charge in [0.15, 0.2) is 29.6 Å². The van der Waals surface area contributed by atoms with Gasteiger partial charge in [0, 0.05) is 68.9 Å². The smallest absolute Gasteiger partial charge is 0.303 e. The Balaban J connectivity index is 1.31. The van der Waals surface area contributed by atoms with E-state index in [4.69, 9.17) is 33.2 Å². The number of esters is 1. The summed E-state index contributed by atoms with van der Waals surface area (Å²) in [5, 5.41) is 0. The van der Waals surface area contributed by atoms with Crippen molar-refractivity contribution in [1.82, 2.24) is 19.8 Å². The predicted molar refractivity (Wildman–Crippen MR) is 194 cm³/mol. The minimum atomic E-state index is -0.502. The van der Waals surface area contributed by atoms with Gasteiger partial charge in [-0.2, -0.15) is 0 Å². The van der Waals surface area contributed by atoms with Crippen molar-refractivity contribution in [2.75, 3.05) is 62.4 Å². The standard InChI is InChI=1S/C39H46N4O9/c1-25(44)52-24-37(45)43(23-27-14-30(21-40-20-27)28-16-33(46-2)38(50-6)34(17-28)47-3)31-9-12-42(13-10-31)22-26-8-11-41-32(15-26)29-18-35(48-4)39(51-7)36(19-29)49-5/h8,11,14-21,31H,9-10,12-13,22-24H2,1-7H3. The molecular formula is C39H46N4O9. The fourth-order valence-corrected chi connectivity index (χ4v) is 6.45. The van der Waals surface area contributed by atoms with Gasteiger partial charge in [0.25, 0.3) is 5.91 Å². The molecule has 0 spiro atoms. The number of carbonyl (C=O) groups excluding carboxylic acids is 2. The Hall–Kier alpha value is -5.56. The molecule has 0 atom stereocenters. The van der Waals surface area contributed by atoms with E-state index < -0.39 is 5.97 Å². The van der Waals surface area contributed by atoms with Gasteiger partial charge in [-0.1, -0.05) is 0 Å². The minimum Gasteiger partial charge on any atom is -0.493 e. The van der Waals surface area contributed by atoms with E-state index in [9.17, 15) is 9.59 Å². The predicted octanol–water partition coefficient (Wildman–Crippen LogP) is 5.42. The Morgan fingerprint density at radius 2 is 1.31 bits per heavy atom. The highest BCUT2D eigenvalue weighted by molar-refractivity contribution is 5.80. The van der Waals surface area contributed by atoms with Crippen LogP contribution in [0.2, 0.25) is 0 Å². The number of likely N-dealkylation sites (tertiary alicyclic amines) is 1. The van der Waals surface area contributed by atoms with E-state index in [0.717, 1.165) is 66.0 Å². The van der Waals surface area contributed by atoms with Crippen molar-refractivity contribution < 1.29 is 42.7 Å². The molecule has 13 heteroatoms. The highest BCUT2D eigenvalue weighted by atomic mass is 16.5. The molecule has 0 unspecified atom stereocenters. The van der Waals surface area contributed by atoms with Crippen LogP contribution < -0.4 is 28.4 Å². The monoisotopic (exact) mass is 714 g/mol. The van der Waals surface area contributed by atoms with Crippen molar-refractivity contribution in [3.8, 4) is 56.9 Å². The van der Waals surface area contributed by atoms with Crippen LogP contribution in [0.4, 0.5) is 0 Å². The maximum atomic E-state index is 13.6. The summed E-state index contributed by atoms with van der Waals surface area (Å²) in [6.07, 6.45) is 6.79. The molecule has 1 amide bonds. The first-order chi connectivity index (χ1) is 25.2. The third-order valence-electron chi connectivity index (χ3n) is 9.05. The summed E-state index contributed by atoms with van der Waals surface area (Å²) >= 11 is 0. The van der Waals surface area contributed by atoms with Gasteiger partial charge in [-0.15, -0.1) is 0 Å². The largest absolute Gasteiger partial charge is 0.493 e. The van der Waals surface area contributed by atoms with Gasteiger partial charge in [-0.05, 0) is 72.0 Å². The van der Waals surface area contributed by atoms with E-state index in [-0.39, 0.29) is 18.6 Å². The van der Waals surface area contributed by atoms with Crippen molar-refractivity contribution in [3.63, 3.8) is 0 Å². The second kappa shape index (κ2) is 17.6. The Kier molecular flexibility index (Phi) is 12.7. The van der Waals surface area contributed by atoms with Crippen molar-refractivity contribution >= 4 is 11.9 Å². The maximum absolute atomic E-state index is 13.6. The zero-order chi connectivity index (χ0) is 37.2. The van der Waals surface area contributed by atoms with E-state index in [1.807, 2.05) is 41.3 Å². The van der Waals surface area contributed by atoms with Gasteiger partial charge in [0.2, 0.25) is 11.5 Å². The molecule has 0 N–H and O–H groups in total. The number of pyridine rings is 2. The molecule has 5 rings (SSSR count). The summed E-state index contributed by atoms with van der Waals surface area (Å²) in [6, 6.07) is 13.5. The molecule has 1 saturated heterocycles. The summed E-state index contributed by atoms with van der Waals surface area (Å²) in [6.45, 7) is 3.54. The number of hydrogen-bond donors (Lipinski definition) is 0. The second-order valence-electron chi connectivity index (χ2n) is 12.3. The number of carbonyl (C=O) groups is 2. The third-order valence-corrected chi connectivity index (χ3v) is 9.05. The van der Waals surface area contributed by atoms with Crippen LogP contribution in [0.15, 0.2) is 61.1 Å². The number of nitrogens with zero attached hydrogens (tertiary/aromatic N) is 4. The summed E-state index contributed by atoms with van der Waals surface area (Å²) in [7, 11) is 9.45. The number of aromatic nitrogens is 2. The molecule has 1 fully saturated rings. The van der Waals surface area contributed by atoms with Gasteiger partial charge in [-0.3, -0.25) is 24.5 Å². The lowest BCUT2D eigenvalue weighted by molar-refractivity contribution is -0.152. The van der Waals surface area contributed by atoms with Crippen LogP contribution in [0, 0.1) is 0 Å². The lowest BCUT2D eigenvalue weighted by Gasteiger charge is -2.38. The topological polar surface area (TPSA) is 131 Å². The van der Waals surface area contributed by atoms with Crippen LogP contribution >= 0.6 is 0 Å². The first-order valence-electron chi connectivity index (χ1n) is 16.9. The van der Waals surface area contributed by atoms with E-state index in [2.05, 4.69) is 20.9 Å². The van der Waals surface area contributed by atoms with Crippen molar-refractivity contribution in [3.05, 3.63) is 72.2 Å². The average Bonchev–Trinajstić information content (AvgIpc) is 3.18. The van der Waals surface area contributed by atoms with Crippen molar-refractivity contribution in [2.24, 2.45) is 0 Å². The summed E-state index contributed by atoms with van der Waals surface area (Å²) in [5.74, 6) is 2.43. The number of methoxy groups -OCH3 is 6. The molecule has 1 aliphatic rings. The normalized spacial score (nSPS) is 13.2. The molecule has 3 heterocycles. The first kappa shape index (κ1) is 37.7. The lowest BCUT2D eigenvalue weighted by Crippen LogP contribution is -2.48. The molecule has 0 bridgehead atoms. The molecule has 4 aromatic rings. The van der Waals surface area contributed by atoms with Gasteiger partial charge in [-0.25, -0.2) is 0 Å². The molecule has 13 nitrogen and oxygen atoms in total. The number of ether oxygens (including phenoxy) is 7. The SMILES string of the molecule is COc1cc(-c2cncc(CN(C(=O)COC(C)=O)C3CCN(Cc4ccnc(-c5cc(OC)c(OC)c(OC)c5)c4)CC3)c2)cc(OC)c1OC. The number of amides is 1. The Bertz CT molecular complexity index is 1810. The summed E-state index contributed by atoms with van der Waals surface area (Å²) in [4.78, 5) is 38.5. The van der Waals surface area contributed by atoms with Gasteiger partial charge in [0.1, 0.15) is 0 Å². The number of piperidine rings is 1. The molecule has 0 saturated carbocycles. The second-order valence-corrected chi connectivity index (χ2v) is 12.3. The molecule has 1 aliphatic heterocycles. The van der Waals surface area contributed by atoms with Gasteiger partial charge >= 0.3 is 5.97 Å². The lowest BCUT2D eigenvalue weighted by atomic mass is 10.0. The molecule has 0 radical (unpaired) electrons. The number of rotatable bonds is 15. The number of hydrogen-bond acceptors (Lipinski definition) is 12. The maximum Gasteiger partial charge on any atom is 0.303 e. The van der Waals surface area contributed by atoms with Crippen LogP contribution in [0.3, 0.4) is 0 Å². The van der Waals surface area contributed by atoms with Crippen LogP contribution in [-0.2, 0) is 27.4 Å². The Morgan fingerprint density at radius 1 is 0.731 bits per heavy atom. The summed E-state index contributed by atoms with van der Waals surface area (Å²) < 4.78 is 38.3. The van der Waals surface area contributed by atoms with Crippen LogP contribution in [0.1, 0.15) is 30.9 Å². The molecule has 2 aromatic heterocycles. The van der Waals surface area contributed by atoms with Gasteiger partial charge < -0.3 is 38.1 Å². The minimum absolute atomic E-state index is 0.0589. The van der Waals surface area contributed by atoms with Crippen LogP contribution in [0.25, 0.3) is 22.4 Å². The van der Waals surface area contributed by atoms with Gasteiger partial charge in [0.05, 0.1) is 48.4 Å². The Morgan fingerprint density at radius 3 is 1.85 bits per heavy atom. The molecule has 52 heavy (non-hydrogen) atoms. The van der Waals surface area contributed by atoms with E-state index in [1.54, 1.807) is 61.2 Å². The average molecular weight is 715 g/mol. The Labute approximate surface area is 304 Å². The van der Waals surface area contributed by atoms with Crippen molar-refractivity contribution in [1.29, 1.82) is 0 Å². The zero-order valence-electron chi connectivity index (χ0n) is 30.8. The number of benzene rings is 2. The highest BCUT2D eigenvalue weighted by Crippen LogP contribution is 2.42. The third kappa shape index (κ3) is 8.83.